The second-order valence-electron chi connectivity index (χ2n) is 7.70. The fourth-order valence-corrected chi connectivity index (χ4v) is 5.10. The summed E-state index contributed by atoms with van der Waals surface area (Å²) in [7, 11) is 0. The summed E-state index contributed by atoms with van der Waals surface area (Å²) in [5, 5.41) is 3.71. The quantitative estimate of drug-likeness (QED) is 0.363. The molecule has 1 aromatic rings. The molecule has 0 aliphatic heterocycles. The van der Waals surface area contributed by atoms with Crippen LogP contribution in [0.15, 0.2) is 0 Å². The van der Waals surface area contributed by atoms with E-state index >= 15 is 0 Å². The Hall–Kier alpha value is -1.36. The Morgan fingerprint density at radius 2 is 1.81 bits per heavy atom. The average Bonchev–Trinajstić information content (AvgIpc) is 2.97. The van der Waals surface area contributed by atoms with Crippen molar-refractivity contribution < 1.29 is 14.3 Å². The molecule has 1 unspecified atom stereocenters. The highest BCUT2D eigenvalue weighted by atomic mass is 32.1. The number of carbonyl (C=O) groups excluding carboxylic acids is 2. The average molecular weight is 394 g/mol. The number of anilines is 1. The summed E-state index contributed by atoms with van der Waals surface area (Å²) in [6.45, 7) is 6.63. The van der Waals surface area contributed by atoms with Crippen molar-refractivity contribution in [2.45, 2.75) is 91.4 Å². The van der Waals surface area contributed by atoms with Gasteiger partial charge in [0.05, 0.1) is 12.2 Å². The zero-order chi connectivity index (χ0) is 19.6. The molecule has 0 aromatic carbocycles. The Morgan fingerprint density at radius 1 is 1.11 bits per heavy atom. The van der Waals surface area contributed by atoms with Gasteiger partial charge in [0.1, 0.15) is 5.00 Å². The van der Waals surface area contributed by atoms with Crippen LogP contribution in [0.3, 0.4) is 0 Å². The highest BCUT2D eigenvalue weighted by molar-refractivity contribution is 7.17. The fourth-order valence-electron chi connectivity index (χ4n) is 3.69. The normalized spacial score (nSPS) is 16.0. The number of hydrogen-bond donors (Lipinski definition) is 1. The van der Waals surface area contributed by atoms with Crippen molar-refractivity contribution >= 4 is 28.2 Å². The van der Waals surface area contributed by atoms with Crippen molar-refractivity contribution in [2.24, 2.45) is 5.92 Å². The van der Waals surface area contributed by atoms with E-state index in [1.807, 2.05) is 6.92 Å². The Balaban J connectivity index is 1.92. The number of unbranched alkanes of at least 4 members (excludes halogenated alkanes) is 6. The third-order valence-electron chi connectivity index (χ3n) is 5.25. The summed E-state index contributed by atoms with van der Waals surface area (Å²) in [6.07, 6.45) is 11.8. The molecule has 1 aromatic heterocycles. The van der Waals surface area contributed by atoms with E-state index < -0.39 is 0 Å². The molecule has 1 heterocycles. The lowest BCUT2D eigenvalue weighted by atomic mass is 9.88. The van der Waals surface area contributed by atoms with E-state index in [9.17, 15) is 9.59 Å². The third kappa shape index (κ3) is 6.63. The molecule has 27 heavy (non-hydrogen) atoms. The molecule has 4 nitrogen and oxygen atoms in total. The van der Waals surface area contributed by atoms with Crippen LogP contribution in [0.4, 0.5) is 5.00 Å². The zero-order valence-corrected chi connectivity index (χ0v) is 18.0. The van der Waals surface area contributed by atoms with Crippen molar-refractivity contribution in [3.63, 3.8) is 0 Å². The van der Waals surface area contributed by atoms with Gasteiger partial charge in [0.25, 0.3) is 0 Å². The van der Waals surface area contributed by atoms with Gasteiger partial charge in [-0.05, 0) is 44.1 Å². The lowest BCUT2D eigenvalue weighted by Gasteiger charge is -2.18. The molecule has 0 saturated heterocycles. The fraction of sp³-hybridized carbons (Fsp3) is 0.727. The van der Waals surface area contributed by atoms with Gasteiger partial charge in [-0.1, -0.05) is 52.4 Å². The monoisotopic (exact) mass is 393 g/mol. The van der Waals surface area contributed by atoms with Crippen LogP contribution in [-0.4, -0.2) is 18.5 Å². The number of rotatable bonds is 11. The predicted molar refractivity (Wildman–Crippen MR) is 113 cm³/mol. The maximum atomic E-state index is 12.5. The summed E-state index contributed by atoms with van der Waals surface area (Å²) in [5.74, 6) is 0.346. The second-order valence-corrected chi connectivity index (χ2v) is 8.80. The summed E-state index contributed by atoms with van der Waals surface area (Å²) in [4.78, 5) is 26.1. The van der Waals surface area contributed by atoms with Crippen molar-refractivity contribution in [3.05, 3.63) is 16.0 Å². The van der Waals surface area contributed by atoms with Crippen molar-refractivity contribution in [1.29, 1.82) is 0 Å². The van der Waals surface area contributed by atoms with E-state index in [1.165, 1.54) is 37.0 Å². The first-order valence-corrected chi connectivity index (χ1v) is 11.5. The number of amides is 1. The molecule has 0 saturated carbocycles. The van der Waals surface area contributed by atoms with E-state index in [0.717, 1.165) is 37.7 Å². The van der Waals surface area contributed by atoms with Gasteiger partial charge < -0.3 is 10.1 Å². The third-order valence-corrected chi connectivity index (χ3v) is 6.42. The molecule has 5 heteroatoms. The Bertz CT molecular complexity index is 623. The first-order chi connectivity index (χ1) is 13.1. The van der Waals surface area contributed by atoms with Crippen LogP contribution in [0.5, 0.6) is 0 Å². The number of nitrogens with one attached hydrogen (secondary N) is 1. The second kappa shape index (κ2) is 11.5. The van der Waals surface area contributed by atoms with Crippen LogP contribution < -0.4 is 5.32 Å². The Morgan fingerprint density at radius 3 is 2.52 bits per heavy atom. The summed E-state index contributed by atoms with van der Waals surface area (Å²) in [5.41, 5.74) is 1.71. The molecular weight excluding hydrogens is 358 g/mol. The molecule has 2 rings (SSSR count). The highest BCUT2D eigenvalue weighted by Crippen LogP contribution is 2.40. The van der Waals surface area contributed by atoms with Crippen LogP contribution in [0.25, 0.3) is 0 Å². The smallest absolute Gasteiger partial charge is 0.341 e. The lowest BCUT2D eigenvalue weighted by Crippen LogP contribution is -2.16. The molecule has 0 radical (unpaired) electrons. The van der Waals surface area contributed by atoms with Crippen molar-refractivity contribution in [3.8, 4) is 0 Å². The Labute approximate surface area is 168 Å². The summed E-state index contributed by atoms with van der Waals surface area (Å²) < 4.78 is 5.26. The first kappa shape index (κ1) is 21.9. The molecule has 1 aliphatic carbocycles. The largest absolute Gasteiger partial charge is 0.462 e. The zero-order valence-electron chi connectivity index (χ0n) is 17.2. The molecule has 1 N–H and O–H groups in total. The van der Waals surface area contributed by atoms with Crippen molar-refractivity contribution in [1.82, 2.24) is 0 Å². The van der Waals surface area contributed by atoms with Gasteiger partial charge in [-0.3, -0.25) is 4.79 Å². The summed E-state index contributed by atoms with van der Waals surface area (Å²) >= 11 is 1.57. The molecule has 1 aliphatic rings. The molecule has 1 amide bonds. The topological polar surface area (TPSA) is 55.4 Å². The molecule has 0 fully saturated rings. The number of esters is 1. The van der Waals surface area contributed by atoms with Crippen LogP contribution >= 0.6 is 11.3 Å². The van der Waals surface area contributed by atoms with Gasteiger partial charge >= 0.3 is 5.97 Å². The number of ether oxygens (including phenoxy) is 1. The molecule has 1 atom stereocenters. The van der Waals surface area contributed by atoms with Gasteiger partial charge in [0, 0.05) is 11.3 Å². The van der Waals surface area contributed by atoms with Gasteiger partial charge in [-0.15, -0.1) is 11.3 Å². The molecule has 0 bridgehead atoms. The minimum Gasteiger partial charge on any atom is -0.462 e. The molecule has 0 spiro atoms. The number of fused-ring (bicyclic) bond motifs is 1. The first-order valence-electron chi connectivity index (χ1n) is 10.7. The van der Waals surface area contributed by atoms with Crippen LogP contribution in [0.2, 0.25) is 0 Å². The number of thiophene rings is 1. The van der Waals surface area contributed by atoms with E-state index in [2.05, 4.69) is 19.2 Å². The minimum absolute atomic E-state index is 0.0146. The van der Waals surface area contributed by atoms with E-state index in [-0.39, 0.29) is 11.9 Å². The van der Waals surface area contributed by atoms with Crippen LogP contribution in [0, 0.1) is 5.92 Å². The van der Waals surface area contributed by atoms with Crippen molar-refractivity contribution in [2.75, 3.05) is 11.9 Å². The number of hydrogen-bond acceptors (Lipinski definition) is 4. The van der Waals surface area contributed by atoms with Gasteiger partial charge in [-0.2, -0.15) is 0 Å². The molecule has 152 valence electrons. The molecular formula is C22H35NO3S. The van der Waals surface area contributed by atoms with Gasteiger partial charge in [0.15, 0.2) is 0 Å². The van der Waals surface area contributed by atoms with E-state index in [1.54, 1.807) is 11.3 Å². The van der Waals surface area contributed by atoms with E-state index in [4.69, 9.17) is 4.74 Å². The highest BCUT2D eigenvalue weighted by Gasteiger charge is 2.29. The van der Waals surface area contributed by atoms with Crippen LogP contribution in [0.1, 0.15) is 99.4 Å². The van der Waals surface area contributed by atoms with Gasteiger partial charge in [0.2, 0.25) is 5.91 Å². The Kier molecular flexibility index (Phi) is 9.32. The predicted octanol–water partition coefficient (Wildman–Crippen LogP) is 6.13. The van der Waals surface area contributed by atoms with Crippen LogP contribution in [-0.2, 0) is 22.4 Å². The maximum Gasteiger partial charge on any atom is 0.341 e. The number of carbonyl (C=O) groups is 2. The SMILES string of the molecule is CCCCCCCCCC(=O)Nc1sc2c(c1C(=O)OCC)CCC(C)C2. The van der Waals surface area contributed by atoms with Gasteiger partial charge in [-0.25, -0.2) is 4.79 Å². The lowest BCUT2D eigenvalue weighted by molar-refractivity contribution is -0.116. The van der Waals surface area contributed by atoms with E-state index in [0.29, 0.717) is 29.5 Å². The maximum absolute atomic E-state index is 12.5. The standard InChI is InChI=1S/C22H35NO3S/c1-4-6-7-8-9-10-11-12-19(24)23-21-20(22(25)26-5-2)17-14-13-16(3)15-18(17)27-21/h16H,4-15H2,1-3H3,(H,23,24). The summed E-state index contributed by atoms with van der Waals surface area (Å²) in [6, 6.07) is 0. The minimum atomic E-state index is -0.296.